The Morgan fingerprint density at radius 1 is 1.12 bits per heavy atom. The van der Waals surface area contributed by atoms with E-state index in [-0.39, 0.29) is 53.5 Å². The van der Waals surface area contributed by atoms with Crippen molar-refractivity contribution in [2.75, 3.05) is 13.2 Å². The van der Waals surface area contributed by atoms with Crippen molar-refractivity contribution >= 4 is 23.7 Å². The van der Waals surface area contributed by atoms with Crippen LogP contribution in [0.1, 0.15) is 73.6 Å². The van der Waals surface area contributed by atoms with Crippen LogP contribution in [0.15, 0.2) is 23.3 Å². The van der Waals surface area contributed by atoms with Gasteiger partial charge in [0.15, 0.2) is 17.5 Å². The van der Waals surface area contributed by atoms with Crippen LogP contribution in [0.4, 0.5) is 0 Å². The van der Waals surface area contributed by atoms with E-state index in [1.807, 2.05) is 6.92 Å². The molecule has 2 saturated carbocycles. The lowest BCUT2D eigenvalue weighted by molar-refractivity contribution is -0.286. The van der Waals surface area contributed by atoms with Crippen LogP contribution in [0.2, 0.25) is 0 Å². The minimum atomic E-state index is -1.78. The molecular weight excluding hydrogens is 516 g/mol. The van der Waals surface area contributed by atoms with Gasteiger partial charge in [0.1, 0.15) is 18.3 Å². The molecule has 10 atom stereocenters. The van der Waals surface area contributed by atoms with Gasteiger partial charge in [-0.3, -0.25) is 14.4 Å². The first kappa shape index (κ1) is 29.0. The van der Waals surface area contributed by atoms with Crippen molar-refractivity contribution in [2.24, 2.45) is 35.0 Å². The zero-order chi connectivity index (χ0) is 29.2. The number of rotatable bonds is 5. The lowest BCUT2D eigenvalue weighted by atomic mass is 9.49. The number of carbonyl (C=O) groups excluding carboxylic acids is 4. The number of hydrogen-bond donors (Lipinski definition) is 1. The highest BCUT2D eigenvalue weighted by Gasteiger charge is 2.70. The average Bonchev–Trinajstić information content (AvgIpc) is 3.23. The van der Waals surface area contributed by atoms with E-state index in [0.29, 0.717) is 25.0 Å². The van der Waals surface area contributed by atoms with Crippen molar-refractivity contribution in [1.82, 2.24) is 0 Å². The molecule has 40 heavy (non-hydrogen) atoms. The molecule has 5 rings (SSSR count). The molecule has 1 N–H and O–H groups in total. The van der Waals surface area contributed by atoms with Crippen LogP contribution in [0, 0.1) is 35.0 Å². The van der Waals surface area contributed by atoms with Crippen LogP contribution >= 0.6 is 0 Å². The summed E-state index contributed by atoms with van der Waals surface area (Å²) in [5.41, 5.74) is -1.89. The molecule has 0 spiro atoms. The molecule has 0 radical (unpaired) electrons. The number of ether oxygens (including phenoxy) is 4. The molecule has 9 heteroatoms. The number of ketones is 1. The molecular formula is C31H42O9. The summed E-state index contributed by atoms with van der Waals surface area (Å²) in [6.07, 6.45) is 5.74. The highest BCUT2D eigenvalue weighted by atomic mass is 16.6. The summed E-state index contributed by atoms with van der Waals surface area (Å²) in [5.74, 6) is -1.44. The van der Waals surface area contributed by atoms with E-state index >= 15 is 0 Å². The smallest absolute Gasteiger partial charge is 0.337 e. The maximum atomic E-state index is 13.3. The SMILES string of the molecule is CC(=O)OCC1=C(C)CC(C(C)C2CCC3C4COC5(C)C(OC(C)=O)C=CC(=O)C5(O)C4CCC23C)OC1=O. The molecule has 5 aliphatic rings. The fourth-order valence-corrected chi connectivity index (χ4v) is 8.99. The second-order valence-corrected chi connectivity index (χ2v) is 13.1. The second-order valence-electron chi connectivity index (χ2n) is 13.1. The van der Waals surface area contributed by atoms with Crippen LogP contribution in [0.3, 0.4) is 0 Å². The largest absolute Gasteiger partial charge is 0.461 e. The van der Waals surface area contributed by atoms with Gasteiger partial charge >= 0.3 is 17.9 Å². The molecule has 0 aromatic carbocycles. The Labute approximate surface area is 235 Å². The van der Waals surface area contributed by atoms with E-state index in [4.69, 9.17) is 18.9 Å². The molecule has 1 saturated heterocycles. The Balaban J connectivity index is 1.36. The van der Waals surface area contributed by atoms with Crippen molar-refractivity contribution in [3.63, 3.8) is 0 Å². The number of cyclic esters (lactones) is 1. The van der Waals surface area contributed by atoms with Gasteiger partial charge in [0.2, 0.25) is 0 Å². The van der Waals surface area contributed by atoms with Crippen LogP contribution in [0.5, 0.6) is 0 Å². The maximum absolute atomic E-state index is 13.3. The molecule has 9 nitrogen and oxygen atoms in total. The standard InChI is InChI=1S/C31H42O9/c1-16-13-25(40-28(35)20(16)14-37-18(3)32)17(2)22-7-8-23-21-15-38-30(6)27(39-19(4)33)10-9-26(34)31(30,36)24(21)11-12-29(22,23)5/h9-10,17,21-25,27,36H,7-8,11-15H2,1-6H3. The second kappa shape index (κ2) is 10.1. The molecule has 0 amide bonds. The lowest BCUT2D eigenvalue weighted by Crippen LogP contribution is -2.75. The molecule has 0 bridgehead atoms. The summed E-state index contributed by atoms with van der Waals surface area (Å²) < 4.78 is 22.8. The van der Waals surface area contributed by atoms with Gasteiger partial charge in [-0.2, -0.15) is 0 Å². The highest BCUT2D eigenvalue weighted by Crippen LogP contribution is 2.65. The van der Waals surface area contributed by atoms with E-state index in [1.54, 1.807) is 6.92 Å². The molecule has 0 aromatic heterocycles. The monoisotopic (exact) mass is 558 g/mol. The van der Waals surface area contributed by atoms with E-state index < -0.39 is 35.2 Å². The summed E-state index contributed by atoms with van der Waals surface area (Å²) in [4.78, 5) is 49.2. The number of fused-ring (bicyclic) bond motifs is 5. The van der Waals surface area contributed by atoms with Gasteiger partial charge in [0, 0.05) is 26.2 Å². The molecule has 3 fully saturated rings. The van der Waals surface area contributed by atoms with Crippen LogP contribution < -0.4 is 0 Å². The van der Waals surface area contributed by atoms with Gasteiger partial charge in [0.05, 0.1) is 12.2 Å². The van der Waals surface area contributed by atoms with Gasteiger partial charge in [-0.05, 0) is 80.8 Å². The van der Waals surface area contributed by atoms with Crippen molar-refractivity contribution < 1.29 is 43.2 Å². The van der Waals surface area contributed by atoms with Gasteiger partial charge in [-0.25, -0.2) is 4.79 Å². The van der Waals surface area contributed by atoms with Gasteiger partial charge in [-0.1, -0.05) is 19.4 Å². The molecule has 10 unspecified atom stereocenters. The molecule has 2 aliphatic heterocycles. The Hall–Kier alpha value is -2.52. The number of hydrogen-bond acceptors (Lipinski definition) is 9. The first-order valence-electron chi connectivity index (χ1n) is 14.5. The van der Waals surface area contributed by atoms with Crippen molar-refractivity contribution in [3.05, 3.63) is 23.3 Å². The highest BCUT2D eigenvalue weighted by molar-refractivity contribution is 6.00. The van der Waals surface area contributed by atoms with Crippen LogP contribution in [-0.2, 0) is 38.1 Å². The van der Waals surface area contributed by atoms with Crippen molar-refractivity contribution in [3.8, 4) is 0 Å². The third kappa shape index (κ3) is 4.26. The third-order valence-corrected chi connectivity index (χ3v) is 11.2. The Bertz CT molecular complexity index is 1170. The van der Waals surface area contributed by atoms with Crippen LogP contribution in [-0.4, -0.2) is 65.4 Å². The van der Waals surface area contributed by atoms with Crippen LogP contribution in [0.25, 0.3) is 0 Å². The molecule has 2 heterocycles. The number of aliphatic hydroxyl groups is 1. The predicted octanol–water partition coefficient (Wildman–Crippen LogP) is 3.47. The molecule has 3 aliphatic carbocycles. The Kier molecular flexibility index (Phi) is 7.31. The van der Waals surface area contributed by atoms with Gasteiger partial charge < -0.3 is 24.1 Å². The zero-order valence-corrected chi connectivity index (χ0v) is 24.4. The third-order valence-electron chi connectivity index (χ3n) is 11.2. The zero-order valence-electron chi connectivity index (χ0n) is 24.4. The minimum absolute atomic E-state index is 0.0201. The Morgan fingerprint density at radius 2 is 1.85 bits per heavy atom. The summed E-state index contributed by atoms with van der Waals surface area (Å²) in [6.45, 7) is 11.0. The predicted molar refractivity (Wildman–Crippen MR) is 143 cm³/mol. The summed E-state index contributed by atoms with van der Waals surface area (Å²) in [6, 6.07) is 0. The maximum Gasteiger partial charge on any atom is 0.337 e. The fraction of sp³-hybridized carbons (Fsp3) is 0.742. The van der Waals surface area contributed by atoms with E-state index in [0.717, 1.165) is 24.8 Å². The summed E-state index contributed by atoms with van der Waals surface area (Å²) >= 11 is 0. The number of carbonyl (C=O) groups is 4. The molecule has 0 aromatic rings. The average molecular weight is 559 g/mol. The quantitative estimate of drug-likeness (QED) is 0.399. The first-order chi connectivity index (χ1) is 18.7. The molecule has 220 valence electrons. The number of esters is 3. The van der Waals surface area contributed by atoms with E-state index in [9.17, 15) is 24.3 Å². The van der Waals surface area contributed by atoms with Gasteiger partial charge in [-0.15, -0.1) is 0 Å². The Morgan fingerprint density at radius 3 is 2.50 bits per heavy atom. The minimum Gasteiger partial charge on any atom is -0.461 e. The first-order valence-corrected chi connectivity index (χ1v) is 14.5. The topological polar surface area (TPSA) is 125 Å². The van der Waals surface area contributed by atoms with E-state index in [2.05, 4.69) is 13.8 Å². The van der Waals surface area contributed by atoms with Crippen molar-refractivity contribution in [2.45, 2.75) is 97.1 Å². The van der Waals surface area contributed by atoms with Crippen molar-refractivity contribution in [1.29, 1.82) is 0 Å². The fourth-order valence-electron chi connectivity index (χ4n) is 8.99. The van der Waals surface area contributed by atoms with Gasteiger partial charge in [0.25, 0.3) is 0 Å². The lowest BCUT2D eigenvalue weighted by Gasteiger charge is -2.61. The summed E-state index contributed by atoms with van der Waals surface area (Å²) in [5, 5.41) is 12.1. The normalized spacial score (nSPS) is 43.3. The summed E-state index contributed by atoms with van der Waals surface area (Å²) in [7, 11) is 0. The van der Waals surface area contributed by atoms with E-state index in [1.165, 1.54) is 26.0 Å².